The minimum Gasteiger partial charge on any atom is -0.494 e. The molecule has 2 rings (SSSR count). The van der Waals surface area contributed by atoms with Crippen LogP contribution in [0, 0.1) is 5.92 Å². The summed E-state index contributed by atoms with van der Waals surface area (Å²) in [4.78, 5) is 11.8. The average molecular weight is 235 g/mol. The second kappa shape index (κ2) is 5.68. The third-order valence-electron chi connectivity index (χ3n) is 2.73. The lowest BCUT2D eigenvalue weighted by molar-refractivity contribution is -0.119. The molecule has 4 nitrogen and oxygen atoms in total. The lowest BCUT2D eigenvalue weighted by Gasteiger charge is -2.10. The van der Waals surface area contributed by atoms with E-state index in [0.29, 0.717) is 19.8 Å². The first-order valence-corrected chi connectivity index (χ1v) is 5.91. The number of hydrogen-bond donors (Lipinski definition) is 1. The number of benzene rings is 1. The van der Waals surface area contributed by atoms with Crippen molar-refractivity contribution >= 4 is 11.6 Å². The van der Waals surface area contributed by atoms with Gasteiger partial charge in [0.15, 0.2) is 0 Å². The number of nitrogens with one attached hydrogen (secondary N) is 1. The van der Waals surface area contributed by atoms with Crippen molar-refractivity contribution in [3.05, 3.63) is 24.3 Å². The van der Waals surface area contributed by atoms with Crippen LogP contribution >= 0.6 is 0 Å². The molecule has 1 aromatic rings. The van der Waals surface area contributed by atoms with E-state index >= 15 is 0 Å². The van der Waals surface area contributed by atoms with Gasteiger partial charge in [0, 0.05) is 12.3 Å². The van der Waals surface area contributed by atoms with E-state index in [1.54, 1.807) is 0 Å². The molecule has 92 valence electrons. The fourth-order valence-electron chi connectivity index (χ4n) is 1.79. The lowest BCUT2D eigenvalue weighted by Crippen LogP contribution is -2.22. The molecule has 1 atom stereocenters. The first-order chi connectivity index (χ1) is 8.29. The fraction of sp³-hybridized carbons (Fsp3) is 0.462. The number of hydrogen-bond acceptors (Lipinski definition) is 3. The van der Waals surface area contributed by atoms with Crippen LogP contribution < -0.4 is 10.1 Å². The molecule has 1 aliphatic heterocycles. The summed E-state index contributed by atoms with van der Waals surface area (Å²) in [6.07, 6.45) is 0.808. The molecule has 0 radical (unpaired) electrons. The molecule has 1 aliphatic rings. The Morgan fingerprint density at radius 3 is 2.82 bits per heavy atom. The Morgan fingerprint density at radius 1 is 1.47 bits per heavy atom. The zero-order valence-electron chi connectivity index (χ0n) is 9.94. The zero-order chi connectivity index (χ0) is 12.1. The maximum absolute atomic E-state index is 11.8. The van der Waals surface area contributed by atoms with Crippen molar-refractivity contribution < 1.29 is 14.3 Å². The number of rotatable bonds is 4. The molecule has 1 saturated heterocycles. The van der Waals surface area contributed by atoms with Crippen molar-refractivity contribution in [1.29, 1.82) is 0 Å². The number of ether oxygens (including phenoxy) is 2. The third-order valence-corrected chi connectivity index (χ3v) is 2.73. The molecular weight excluding hydrogens is 218 g/mol. The molecule has 0 bridgehead atoms. The van der Waals surface area contributed by atoms with Gasteiger partial charge in [-0.1, -0.05) is 0 Å². The number of carbonyl (C=O) groups is 1. The predicted octanol–water partition coefficient (Wildman–Crippen LogP) is 2.06. The molecule has 0 saturated carbocycles. The van der Waals surface area contributed by atoms with E-state index in [9.17, 15) is 4.79 Å². The van der Waals surface area contributed by atoms with E-state index in [2.05, 4.69) is 5.32 Å². The van der Waals surface area contributed by atoms with Gasteiger partial charge in [0.2, 0.25) is 5.91 Å². The van der Waals surface area contributed by atoms with E-state index in [-0.39, 0.29) is 11.8 Å². The summed E-state index contributed by atoms with van der Waals surface area (Å²) >= 11 is 0. The van der Waals surface area contributed by atoms with Crippen molar-refractivity contribution in [1.82, 2.24) is 0 Å². The highest BCUT2D eigenvalue weighted by atomic mass is 16.5. The molecule has 0 spiro atoms. The zero-order valence-corrected chi connectivity index (χ0v) is 9.94. The van der Waals surface area contributed by atoms with E-state index in [0.717, 1.165) is 17.9 Å². The molecule has 1 N–H and O–H groups in total. The number of amides is 1. The molecule has 1 aromatic carbocycles. The first kappa shape index (κ1) is 11.9. The van der Waals surface area contributed by atoms with E-state index in [1.807, 2.05) is 31.2 Å². The van der Waals surface area contributed by atoms with Gasteiger partial charge in [0.05, 0.1) is 19.1 Å². The molecule has 17 heavy (non-hydrogen) atoms. The topological polar surface area (TPSA) is 47.6 Å². The second-order valence-electron chi connectivity index (χ2n) is 4.01. The van der Waals surface area contributed by atoms with Crippen LogP contribution in [0.25, 0.3) is 0 Å². The maximum atomic E-state index is 11.8. The van der Waals surface area contributed by atoms with Crippen molar-refractivity contribution in [3.63, 3.8) is 0 Å². The number of anilines is 1. The smallest absolute Gasteiger partial charge is 0.229 e. The van der Waals surface area contributed by atoms with Gasteiger partial charge in [-0.05, 0) is 37.6 Å². The summed E-state index contributed by atoms with van der Waals surface area (Å²) < 4.78 is 10.5. The van der Waals surface area contributed by atoms with Crippen LogP contribution in [0.4, 0.5) is 5.69 Å². The minimum absolute atomic E-state index is 0.0124. The monoisotopic (exact) mass is 235 g/mol. The van der Waals surface area contributed by atoms with Crippen LogP contribution in [0.1, 0.15) is 13.3 Å². The number of carbonyl (C=O) groups excluding carboxylic acids is 1. The third kappa shape index (κ3) is 3.20. The van der Waals surface area contributed by atoms with Crippen molar-refractivity contribution in [2.24, 2.45) is 5.92 Å². The van der Waals surface area contributed by atoms with Crippen LogP contribution in [-0.2, 0) is 9.53 Å². The molecular formula is C13H17NO3. The van der Waals surface area contributed by atoms with Crippen molar-refractivity contribution in [3.8, 4) is 5.75 Å². The summed E-state index contributed by atoms with van der Waals surface area (Å²) in [7, 11) is 0. The summed E-state index contributed by atoms with van der Waals surface area (Å²) in [5, 5.41) is 2.88. The van der Waals surface area contributed by atoms with E-state index in [4.69, 9.17) is 9.47 Å². The SMILES string of the molecule is CCOc1ccc(NC(=O)C2CCOC2)cc1. The lowest BCUT2D eigenvalue weighted by atomic mass is 10.1. The van der Waals surface area contributed by atoms with Gasteiger partial charge < -0.3 is 14.8 Å². The normalized spacial score (nSPS) is 19.0. The van der Waals surface area contributed by atoms with Gasteiger partial charge in [-0.15, -0.1) is 0 Å². The first-order valence-electron chi connectivity index (χ1n) is 5.91. The molecule has 1 amide bonds. The van der Waals surface area contributed by atoms with Gasteiger partial charge in [-0.2, -0.15) is 0 Å². The summed E-state index contributed by atoms with van der Waals surface area (Å²) in [6.45, 7) is 3.80. The standard InChI is InChI=1S/C13H17NO3/c1-2-17-12-5-3-11(4-6-12)14-13(15)10-7-8-16-9-10/h3-6,10H,2,7-9H2,1H3,(H,14,15). The van der Waals surface area contributed by atoms with E-state index < -0.39 is 0 Å². The summed E-state index contributed by atoms with van der Waals surface area (Å²) in [5.74, 6) is 0.836. The van der Waals surface area contributed by atoms with Crippen molar-refractivity contribution in [2.45, 2.75) is 13.3 Å². The molecule has 0 aliphatic carbocycles. The second-order valence-corrected chi connectivity index (χ2v) is 4.01. The highest BCUT2D eigenvalue weighted by Gasteiger charge is 2.23. The maximum Gasteiger partial charge on any atom is 0.229 e. The van der Waals surface area contributed by atoms with Gasteiger partial charge in [0.25, 0.3) is 0 Å². The summed E-state index contributed by atoms with van der Waals surface area (Å²) in [5.41, 5.74) is 0.797. The van der Waals surface area contributed by atoms with Gasteiger partial charge in [-0.3, -0.25) is 4.79 Å². The van der Waals surface area contributed by atoms with Crippen LogP contribution in [0.2, 0.25) is 0 Å². The Balaban J connectivity index is 1.91. The van der Waals surface area contributed by atoms with Crippen LogP contribution in [0.5, 0.6) is 5.75 Å². The Hall–Kier alpha value is -1.55. The molecule has 0 aromatic heterocycles. The van der Waals surface area contributed by atoms with Gasteiger partial charge >= 0.3 is 0 Å². The highest BCUT2D eigenvalue weighted by molar-refractivity contribution is 5.92. The van der Waals surface area contributed by atoms with Crippen LogP contribution in [0.3, 0.4) is 0 Å². The Labute approximate surface area is 101 Å². The fourth-order valence-corrected chi connectivity index (χ4v) is 1.79. The van der Waals surface area contributed by atoms with Crippen molar-refractivity contribution in [2.75, 3.05) is 25.1 Å². The highest BCUT2D eigenvalue weighted by Crippen LogP contribution is 2.18. The predicted molar refractivity (Wildman–Crippen MR) is 65.2 cm³/mol. The Kier molecular flexibility index (Phi) is 3.98. The molecule has 1 unspecified atom stereocenters. The summed E-state index contributed by atoms with van der Waals surface area (Å²) in [6, 6.07) is 7.39. The van der Waals surface area contributed by atoms with Gasteiger partial charge in [0.1, 0.15) is 5.75 Å². The average Bonchev–Trinajstić information content (AvgIpc) is 2.86. The van der Waals surface area contributed by atoms with Crippen LogP contribution in [-0.4, -0.2) is 25.7 Å². The molecule has 1 heterocycles. The molecule has 4 heteroatoms. The molecule has 1 fully saturated rings. The van der Waals surface area contributed by atoms with Gasteiger partial charge in [-0.25, -0.2) is 0 Å². The quantitative estimate of drug-likeness (QED) is 0.869. The minimum atomic E-state index is -0.0124. The van der Waals surface area contributed by atoms with E-state index in [1.165, 1.54) is 0 Å². The Morgan fingerprint density at radius 2 is 2.24 bits per heavy atom. The Bertz CT molecular complexity index is 369. The largest absolute Gasteiger partial charge is 0.494 e. The van der Waals surface area contributed by atoms with Crippen LogP contribution in [0.15, 0.2) is 24.3 Å².